The minimum absolute atomic E-state index is 0.485. The molecule has 10 heteroatoms. The van der Waals surface area contributed by atoms with Gasteiger partial charge in [0.1, 0.15) is 0 Å². The zero-order chi connectivity index (χ0) is 11.9. The van der Waals surface area contributed by atoms with Crippen molar-refractivity contribution in [1.82, 2.24) is 4.98 Å². The monoisotopic (exact) mass is 247 g/mol. The molecule has 0 unspecified atom stereocenters. The van der Waals surface area contributed by atoms with Gasteiger partial charge in [0.2, 0.25) is 11.6 Å². The molecular weight excluding hydrogens is 243 g/mol. The van der Waals surface area contributed by atoms with Gasteiger partial charge >= 0.3 is 15.6 Å². The lowest BCUT2D eigenvalue weighted by Gasteiger charge is -2.07. The summed E-state index contributed by atoms with van der Waals surface area (Å²) in [6, 6.07) is 0.485. The van der Waals surface area contributed by atoms with Crippen molar-refractivity contribution in [2.75, 3.05) is 0 Å². The molecule has 0 radical (unpaired) electrons. The first-order valence-corrected chi connectivity index (χ1v) is 4.66. The molecule has 1 heterocycles. The van der Waals surface area contributed by atoms with Gasteiger partial charge in [0, 0.05) is 6.07 Å². The van der Waals surface area contributed by atoms with Crippen LogP contribution in [0.2, 0.25) is 0 Å². The Hall–Kier alpha value is -1.58. The third kappa shape index (κ3) is 2.26. The molecule has 0 atom stereocenters. The van der Waals surface area contributed by atoms with Gasteiger partial charge in [0.05, 0.1) is 0 Å². The topological polar surface area (TPSA) is 99.6 Å². The van der Waals surface area contributed by atoms with Gasteiger partial charge in [0.15, 0.2) is 5.88 Å². The molecule has 0 aromatic carbocycles. The van der Waals surface area contributed by atoms with Crippen LogP contribution in [-0.4, -0.2) is 29.1 Å². The van der Waals surface area contributed by atoms with Crippen molar-refractivity contribution < 1.29 is 36.0 Å². The lowest BCUT2D eigenvalue weighted by molar-refractivity contribution is -0.0500. The van der Waals surface area contributed by atoms with Crippen LogP contribution in [0, 0.1) is 0 Å². The van der Waals surface area contributed by atoms with Crippen LogP contribution in [0.15, 0.2) is 6.07 Å². The zero-order valence-electron chi connectivity index (χ0n) is 6.74. The van der Waals surface area contributed by atoms with Gasteiger partial charge < -0.3 is 14.4 Å². The minimum Gasteiger partial charge on any atom is -0.494 e. The van der Waals surface area contributed by atoms with Crippen molar-refractivity contribution in [3.63, 3.8) is 0 Å². The fraction of sp³-hybridized carbons (Fsp3) is 0.200. The lowest BCUT2D eigenvalue weighted by atomic mass is 10.6. The molecule has 3 N–H and O–H groups in total. The van der Waals surface area contributed by atoms with E-state index >= 15 is 0 Å². The van der Waals surface area contributed by atoms with Gasteiger partial charge in [-0.15, -0.1) is 0 Å². The lowest BCUT2D eigenvalue weighted by Crippen LogP contribution is -2.27. The number of hydrogen-bond acceptors (Lipinski definition) is 5. The number of alkyl halides is 3. The van der Waals surface area contributed by atoms with Crippen molar-refractivity contribution in [2.24, 2.45) is 0 Å². The molecule has 0 spiro atoms. The van der Waals surface area contributed by atoms with Gasteiger partial charge in [-0.2, -0.15) is 21.6 Å². The Morgan fingerprint density at radius 3 is 2.20 bits per heavy atom. The van der Waals surface area contributed by atoms with Crippen molar-refractivity contribution in [3.8, 4) is 17.5 Å². The van der Waals surface area contributed by atoms with E-state index in [9.17, 15) is 21.6 Å². The van der Waals surface area contributed by atoms with E-state index in [2.05, 4.69) is 4.18 Å². The predicted molar refractivity (Wildman–Crippen MR) is 39.7 cm³/mol. The Labute approximate surface area is 81.0 Å². The van der Waals surface area contributed by atoms with Crippen LogP contribution in [0.1, 0.15) is 0 Å². The maximum Gasteiger partial charge on any atom is 0.534 e. The van der Waals surface area contributed by atoms with Crippen LogP contribution < -0.4 is 4.18 Å². The number of aromatic hydroxyl groups is 2. The van der Waals surface area contributed by atoms with Crippen LogP contribution >= 0.6 is 0 Å². The Morgan fingerprint density at radius 2 is 1.87 bits per heavy atom. The van der Waals surface area contributed by atoms with E-state index in [-0.39, 0.29) is 0 Å². The Balaban J connectivity index is 3.02. The molecule has 0 saturated carbocycles. The molecular formula is C5H4F3NO5S. The summed E-state index contributed by atoms with van der Waals surface area (Å²) in [5.74, 6) is -2.80. The van der Waals surface area contributed by atoms with Crippen LogP contribution in [0.25, 0.3) is 0 Å². The minimum atomic E-state index is -5.85. The first kappa shape index (κ1) is 11.5. The van der Waals surface area contributed by atoms with Crippen LogP contribution in [0.4, 0.5) is 13.2 Å². The number of nitrogens with one attached hydrogen (secondary N) is 1. The third-order valence-electron chi connectivity index (χ3n) is 1.23. The SMILES string of the molecule is O=S(=O)(Oc1cc(O)[nH]c1O)C(F)(F)F. The van der Waals surface area contributed by atoms with Crippen LogP contribution in [-0.2, 0) is 10.1 Å². The standard InChI is InChI=1S/C5H4F3NO5S/c6-5(7,8)15(12,13)14-2-1-3(10)9-4(2)11/h1,9-11H. The normalized spacial score (nSPS) is 12.7. The van der Waals surface area contributed by atoms with Crippen molar-refractivity contribution >= 4 is 10.1 Å². The predicted octanol–water partition coefficient (Wildman–Crippen LogP) is 0.654. The van der Waals surface area contributed by atoms with E-state index in [1.807, 2.05) is 0 Å². The van der Waals surface area contributed by atoms with Crippen molar-refractivity contribution in [1.29, 1.82) is 0 Å². The molecule has 0 amide bonds. The quantitative estimate of drug-likeness (QED) is 0.526. The fourth-order valence-electron chi connectivity index (χ4n) is 0.640. The molecule has 0 aliphatic rings. The van der Waals surface area contributed by atoms with E-state index in [1.54, 1.807) is 4.98 Å². The van der Waals surface area contributed by atoms with Gasteiger partial charge in [-0.25, -0.2) is 0 Å². The molecule has 0 fully saturated rings. The van der Waals surface area contributed by atoms with Gasteiger partial charge in [-0.1, -0.05) is 0 Å². The average molecular weight is 247 g/mol. The zero-order valence-corrected chi connectivity index (χ0v) is 7.56. The largest absolute Gasteiger partial charge is 0.534 e. The molecule has 0 saturated heterocycles. The van der Waals surface area contributed by atoms with E-state index in [1.165, 1.54) is 0 Å². The number of aromatic amines is 1. The summed E-state index contributed by atoms with van der Waals surface area (Å²) in [6.45, 7) is 0. The Kier molecular flexibility index (Phi) is 2.47. The summed E-state index contributed by atoms with van der Waals surface area (Å²) < 4.78 is 59.8. The maximum absolute atomic E-state index is 11.8. The molecule has 15 heavy (non-hydrogen) atoms. The van der Waals surface area contributed by atoms with E-state index in [0.717, 1.165) is 0 Å². The van der Waals surface area contributed by atoms with E-state index in [4.69, 9.17) is 10.2 Å². The second-order valence-corrected chi connectivity index (χ2v) is 3.89. The highest BCUT2D eigenvalue weighted by atomic mass is 32.2. The highest BCUT2D eigenvalue weighted by molar-refractivity contribution is 7.88. The highest BCUT2D eigenvalue weighted by Crippen LogP contribution is 2.34. The van der Waals surface area contributed by atoms with Crippen LogP contribution in [0.5, 0.6) is 17.5 Å². The van der Waals surface area contributed by atoms with E-state index in [0.29, 0.717) is 6.07 Å². The summed E-state index contributed by atoms with van der Waals surface area (Å²) in [4.78, 5) is 1.74. The molecule has 1 aromatic rings. The number of hydrogen-bond donors (Lipinski definition) is 3. The van der Waals surface area contributed by atoms with E-state index < -0.39 is 33.1 Å². The summed E-state index contributed by atoms with van der Waals surface area (Å²) in [5, 5.41) is 17.4. The molecule has 0 aliphatic heterocycles. The molecule has 1 rings (SSSR count). The summed E-state index contributed by atoms with van der Waals surface area (Å²) in [5.41, 5.74) is -5.60. The van der Waals surface area contributed by atoms with Gasteiger partial charge in [-0.3, -0.25) is 4.98 Å². The molecule has 0 bridgehead atoms. The molecule has 6 nitrogen and oxygen atoms in total. The molecule has 0 aliphatic carbocycles. The number of rotatable bonds is 2. The van der Waals surface area contributed by atoms with Crippen molar-refractivity contribution in [2.45, 2.75) is 5.51 Å². The van der Waals surface area contributed by atoms with Crippen LogP contribution in [0.3, 0.4) is 0 Å². The fourth-order valence-corrected chi connectivity index (χ4v) is 1.10. The molecule has 86 valence electrons. The van der Waals surface area contributed by atoms with Crippen molar-refractivity contribution in [3.05, 3.63) is 6.07 Å². The number of H-pyrrole nitrogens is 1. The maximum atomic E-state index is 11.8. The summed E-state index contributed by atoms with van der Waals surface area (Å²) in [7, 11) is -5.85. The summed E-state index contributed by atoms with van der Waals surface area (Å²) >= 11 is 0. The summed E-state index contributed by atoms with van der Waals surface area (Å²) in [6.07, 6.45) is 0. The Morgan fingerprint density at radius 1 is 1.33 bits per heavy atom. The highest BCUT2D eigenvalue weighted by Gasteiger charge is 2.49. The number of aromatic nitrogens is 1. The first-order valence-electron chi connectivity index (χ1n) is 3.25. The van der Waals surface area contributed by atoms with Gasteiger partial charge in [-0.05, 0) is 0 Å². The second kappa shape index (κ2) is 3.22. The number of halogens is 3. The second-order valence-electron chi connectivity index (χ2n) is 2.35. The third-order valence-corrected chi connectivity index (χ3v) is 2.20. The average Bonchev–Trinajstić information content (AvgIpc) is 2.26. The first-order chi connectivity index (χ1) is 6.63. The van der Waals surface area contributed by atoms with Gasteiger partial charge in [0.25, 0.3) is 0 Å². The Bertz CT molecular complexity index is 462. The smallest absolute Gasteiger partial charge is 0.494 e. The molecule has 1 aromatic heterocycles.